The number of methoxy groups -OCH3 is 3. The Morgan fingerprint density at radius 2 is 1.90 bits per heavy atom. The third-order valence-electron chi connectivity index (χ3n) is 5.28. The van der Waals surface area contributed by atoms with Gasteiger partial charge < -0.3 is 24.4 Å². The van der Waals surface area contributed by atoms with Crippen LogP contribution in [0.4, 0.5) is 10.8 Å². The van der Waals surface area contributed by atoms with E-state index in [1.165, 1.54) is 37.5 Å². The number of thiazole rings is 1. The molecular weight excluding hydrogens is 394 g/mol. The topological polar surface area (TPSA) is 90.0 Å². The molecule has 9 heteroatoms. The van der Waals surface area contributed by atoms with E-state index in [0.717, 1.165) is 25.0 Å². The van der Waals surface area contributed by atoms with Gasteiger partial charge in [0.2, 0.25) is 17.6 Å². The number of amides is 2. The highest BCUT2D eigenvalue weighted by Crippen LogP contribution is 2.42. The van der Waals surface area contributed by atoms with Crippen molar-refractivity contribution in [2.75, 3.05) is 38.1 Å². The molecule has 1 N–H and O–H groups in total. The van der Waals surface area contributed by atoms with Crippen molar-refractivity contribution in [1.29, 1.82) is 0 Å². The van der Waals surface area contributed by atoms with E-state index in [2.05, 4.69) is 10.3 Å². The Morgan fingerprint density at radius 3 is 2.52 bits per heavy atom. The first-order chi connectivity index (χ1) is 14.0. The van der Waals surface area contributed by atoms with Crippen molar-refractivity contribution in [2.45, 2.75) is 25.7 Å². The molecule has 1 aliphatic heterocycles. The number of aryl methyl sites for hydroxylation is 2. The van der Waals surface area contributed by atoms with Crippen LogP contribution in [0.5, 0.6) is 17.2 Å². The summed E-state index contributed by atoms with van der Waals surface area (Å²) in [7, 11) is 4.57. The molecule has 0 bridgehead atoms. The van der Waals surface area contributed by atoms with Gasteiger partial charge in [0.25, 0.3) is 0 Å². The molecule has 1 fully saturated rings. The smallest absolute Gasteiger partial charge is 0.231 e. The number of rotatable bonds is 6. The number of hydrogen-bond donors (Lipinski definition) is 1. The van der Waals surface area contributed by atoms with Crippen LogP contribution in [0.15, 0.2) is 12.1 Å². The first-order valence-electron chi connectivity index (χ1n) is 9.43. The van der Waals surface area contributed by atoms with E-state index in [0.29, 0.717) is 28.1 Å². The molecule has 2 aromatic rings. The summed E-state index contributed by atoms with van der Waals surface area (Å²) in [5, 5.41) is 3.51. The second-order valence-electron chi connectivity index (χ2n) is 7.02. The zero-order valence-electron chi connectivity index (χ0n) is 16.6. The first kappa shape index (κ1) is 19.5. The Balaban J connectivity index is 1.50. The second-order valence-corrected chi connectivity index (χ2v) is 8.10. The molecule has 0 saturated carbocycles. The second kappa shape index (κ2) is 7.90. The number of nitrogens with one attached hydrogen (secondary N) is 1. The standard InChI is InChI=1S/C20H23N3O5S/c1-26-14-8-12(9-15(27-2)18(14)28-3)23-10-11(7-17(23)24)19(25)22-20-21-13-5-4-6-16(13)29-20/h8-9,11H,4-7,10H2,1-3H3,(H,21,22,25)/t11-/m1/s1. The van der Waals surface area contributed by atoms with Crippen molar-refractivity contribution < 1.29 is 23.8 Å². The van der Waals surface area contributed by atoms with Crippen LogP contribution < -0.4 is 24.4 Å². The van der Waals surface area contributed by atoms with Crippen molar-refractivity contribution in [3.8, 4) is 17.2 Å². The Kier molecular flexibility index (Phi) is 5.31. The minimum Gasteiger partial charge on any atom is -0.493 e. The van der Waals surface area contributed by atoms with Gasteiger partial charge >= 0.3 is 0 Å². The Bertz CT molecular complexity index is 911. The SMILES string of the molecule is COc1cc(N2C[C@H](C(=O)Nc3nc4c(s3)CCC4)CC2=O)cc(OC)c1OC. The minimum atomic E-state index is -0.444. The highest BCUT2D eigenvalue weighted by Gasteiger charge is 2.36. The lowest BCUT2D eigenvalue weighted by Crippen LogP contribution is -2.28. The number of hydrogen-bond acceptors (Lipinski definition) is 7. The predicted octanol–water partition coefficient (Wildman–Crippen LogP) is 2.65. The van der Waals surface area contributed by atoms with E-state index in [4.69, 9.17) is 14.2 Å². The lowest BCUT2D eigenvalue weighted by Gasteiger charge is -2.20. The summed E-state index contributed by atoms with van der Waals surface area (Å²) in [6, 6.07) is 3.43. The predicted molar refractivity (Wildman–Crippen MR) is 109 cm³/mol. The van der Waals surface area contributed by atoms with E-state index < -0.39 is 5.92 Å². The van der Waals surface area contributed by atoms with Gasteiger partial charge in [-0.05, 0) is 19.3 Å². The van der Waals surface area contributed by atoms with E-state index in [1.807, 2.05) is 0 Å². The molecule has 1 saturated heterocycles. The summed E-state index contributed by atoms with van der Waals surface area (Å²) in [6.45, 7) is 0.286. The first-order valence-corrected chi connectivity index (χ1v) is 10.3. The third-order valence-corrected chi connectivity index (χ3v) is 6.36. The summed E-state index contributed by atoms with van der Waals surface area (Å²) in [6.07, 6.45) is 3.27. The number of nitrogens with zero attached hydrogens (tertiary/aromatic N) is 2. The van der Waals surface area contributed by atoms with Gasteiger partial charge in [-0.2, -0.15) is 0 Å². The summed E-state index contributed by atoms with van der Waals surface area (Å²) in [5.41, 5.74) is 1.69. The van der Waals surface area contributed by atoms with Crippen molar-refractivity contribution in [2.24, 2.45) is 5.92 Å². The van der Waals surface area contributed by atoms with Crippen LogP contribution in [-0.4, -0.2) is 44.7 Å². The molecule has 8 nitrogen and oxygen atoms in total. The van der Waals surface area contributed by atoms with Crippen molar-refractivity contribution in [3.05, 3.63) is 22.7 Å². The van der Waals surface area contributed by atoms with Crippen molar-refractivity contribution in [3.63, 3.8) is 0 Å². The zero-order valence-corrected chi connectivity index (χ0v) is 17.4. The van der Waals surface area contributed by atoms with Gasteiger partial charge in [0, 0.05) is 30.0 Å². The maximum absolute atomic E-state index is 12.7. The Morgan fingerprint density at radius 1 is 1.17 bits per heavy atom. The molecule has 2 heterocycles. The molecule has 1 aromatic carbocycles. The molecule has 4 rings (SSSR count). The number of carbonyl (C=O) groups is 2. The molecule has 2 amide bonds. The Hall–Kier alpha value is -2.81. The van der Waals surface area contributed by atoms with Gasteiger partial charge in [0.05, 0.1) is 38.6 Å². The van der Waals surface area contributed by atoms with Crippen LogP contribution in [0.2, 0.25) is 0 Å². The molecule has 2 aliphatic rings. The van der Waals surface area contributed by atoms with E-state index in [1.54, 1.807) is 17.0 Å². The number of benzene rings is 1. The lowest BCUT2D eigenvalue weighted by molar-refractivity contribution is -0.122. The average molecular weight is 417 g/mol. The van der Waals surface area contributed by atoms with Crippen molar-refractivity contribution in [1.82, 2.24) is 4.98 Å². The summed E-state index contributed by atoms with van der Waals surface area (Å²) in [4.78, 5) is 32.7. The molecule has 1 aliphatic carbocycles. The van der Waals surface area contributed by atoms with Gasteiger partial charge in [-0.1, -0.05) is 0 Å². The average Bonchev–Trinajstić information content (AvgIpc) is 3.41. The third kappa shape index (κ3) is 3.62. The molecule has 0 radical (unpaired) electrons. The van der Waals surface area contributed by atoms with Gasteiger partial charge in [0.15, 0.2) is 16.6 Å². The van der Waals surface area contributed by atoms with Crippen LogP contribution in [0.1, 0.15) is 23.4 Å². The van der Waals surface area contributed by atoms with Gasteiger partial charge in [-0.25, -0.2) is 4.98 Å². The normalized spacial score (nSPS) is 18.0. The molecule has 154 valence electrons. The number of anilines is 2. The number of carbonyl (C=O) groups excluding carboxylic acids is 2. The van der Waals surface area contributed by atoms with Crippen LogP contribution >= 0.6 is 11.3 Å². The highest BCUT2D eigenvalue weighted by molar-refractivity contribution is 7.15. The molecule has 0 spiro atoms. The number of fused-ring (bicyclic) bond motifs is 1. The van der Waals surface area contributed by atoms with Crippen LogP contribution in [-0.2, 0) is 22.4 Å². The largest absolute Gasteiger partial charge is 0.493 e. The lowest BCUT2D eigenvalue weighted by atomic mass is 10.1. The number of aromatic nitrogens is 1. The number of ether oxygens (including phenoxy) is 3. The van der Waals surface area contributed by atoms with E-state index in [-0.39, 0.29) is 24.8 Å². The minimum absolute atomic E-state index is 0.124. The zero-order chi connectivity index (χ0) is 20.5. The van der Waals surface area contributed by atoms with Gasteiger partial charge in [-0.15, -0.1) is 11.3 Å². The van der Waals surface area contributed by atoms with Crippen LogP contribution in [0, 0.1) is 5.92 Å². The maximum atomic E-state index is 12.7. The fourth-order valence-corrected chi connectivity index (χ4v) is 4.86. The van der Waals surface area contributed by atoms with Gasteiger partial charge in [-0.3, -0.25) is 9.59 Å². The highest BCUT2D eigenvalue weighted by atomic mass is 32.1. The molecule has 1 aromatic heterocycles. The van der Waals surface area contributed by atoms with Crippen LogP contribution in [0.3, 0.4) is 0 Å². The summed E-state index contributed by atoms with van der Waals surface area (Å²) < 4.78 is 16.1. The van der Waals surface area contributed by atoms with Crippen LogP contribution in [0.25, 0.3) is 0 Å². The Labute approximate surface area is 172 Å². The fraction of sp³-hybridized carbons (Fsp3) is 0.450. The monoisotopic (exact) mass is 417 g/mol. The van der Waals surface area contributed by atoms with E-state index in [9.17, 15) is 9.59 Å². The molecule has 0 unspecified atom stereocenters. The van der Waals surface area contributed by atoms with Crippen molar-refractivity contribution >= 4 is 34.0 Å². The fourth-order valence-electron chi connectivity index (χ4n) is 3.81. The molecular formula is C20H23N3O5S. The maximum Gasteiger partial charge on any atom is 0.231 e. The van der Waals surface area contributed by atoms with E-state index >= 15 is 0 Å². The quantitative estimate of drug-likeness (QED) is 0.777. The molecule has 29 heavy (non-hydrogen) atoms. The summed E-state index contributed by atoms with van der Waals surface area (Å²) in [5.74, 6) is 0.623. The molecule has 1 atom stereocenters. The summed E-state index contributed by atoms with van der Waals surface area (Å²) >= 11 is 1.53. The van der Waals surface area contributed by atoms with Gasteiger partial charge in [0.1, 0.15) is 0 Å².